The molecule has 2 saturated heterocycles. The number of amides is 1. The molecule has 2 heterocycles. The number of carbonyl (C=O) groups excluding carboxylic acids is 1. The summed E-state index contributed by atoms with van der Waals surface area (Å²) in [6, 6.07) is 6.44. The van der Waals surface area contributed by atoms with Gasteiger partial charge in [0.1, 0.15) is 5.75 Å². The first-order valence-corrected chi connectivity index (χ1v) is 8.38. The lowest BCUT2D eigenvalue weighted by Crippen LogP contribution is -2.49. The van der Waals surface area contributed by atoms with Crippen molar-refractivity contribution in [1.82, 2.24) is 10.2 Å². The van der Waals surface area contributed by atoms with E-state index in [1.165, 1.54) is 12.8 Å². The summed E-state index contributed by atoms with van der Waals surface area (Å²) in [6.45, 7) is 0.0216. The molecule has 0 radical (unpaired) electrons. The number of halogens is 3. The minimum Gasteiger partial charge on any atom is -0.484 e. The van der Waals surface area contributed by atoms with Crippen LogP contribution in [0.4, 0.5) is 0 Å². The van der Waals surface area contributed by atoms with Gasteiger partial charge in [0.25, 0.3) is 5.91 Å². The Labute approximate surface area is 152 Å². The summed E-state index contributed by atoms with van der Waals surface area (Å²) in [6.07, 6.45) is 4.52. The van der Waals surface area contributed by atoms with Crippen LogP contribution in [-0.4, -0.2) is 42.6 Å². The summed E-state index contributed by atoms with van der Waals surface area (Å²) in [5.74, 6) is 0.555. The van der Waals surface area contributed by atoms with Crippen LogP contribution < -0.4 is 10.1 Å². The second-order valence-corrected chi connectivity index (χ2v) is 6.95. The molecule has 3 rings (SSSR count). The number of ether oxygens (including phenoxy) is 1. The molecule has 1 aromatic carbocycles. The summed E-state index contributed by atoms with van der Waals surface area (Å²) < 4.78 is 5.53. The van der Waals surface area contributed by atoms with Crippen LogP contribution in [0.5, 0.6) is 5.75 Å². The minimum atomic E-state index is -0.00243. The van der Waals surface area contributed by atoms with Gasteiger partial charge in [-0.2, -0.15) is 0 Å². The number of rotatable bonds is 4. The normalized spacial score (nSPS) is 25.6. The predicted octanol–water partition coefficient (Wildman–Crippen LogP) is 3.54. The highest BCUT2D eigenvalue weighted by Crippen LogP contribution is 2.29. The molecule has 0 saturated carbocycles. The van der Waals surface area contributed by atoms with E-state index < -0.39 is 0 Å². The van der Waals surface area contributed by atoms with E-state index in [1.54, 1.807) is 18.2 Å². The standard InChI is InChI=1S/C16H20Cl2N2O2.ClH/c1-20(12-6-10-2-3-11(7-12)19-10)16(21)9-22-13-4-5-14(17)15(18)8-13;/h4-5,8,10-12,19H,2-3,6-7,9H2,1H3;1H. The Hall–Kier alpha value is -0.680. The highest BCUT2D eigenvalue weighted by atomic mass is 35.5. The lowest BCUT2D eigenvalue weighted by atomic mass is 9.98. The Balaban J connectivity index is 0.00000192. The van der Waals surface area contributed by atoms with E-state index in [-0.39, 0.29) is 24.9 Å². The van der Waals surface area contributed by atoms with Crippen molar-refractivity contribution >= 4 is 41.5 Å². The van der Waals surface area contributed by atoms with Crippen LogP contribution in [0.3, 0.4) is 0 Å². The second-order valence-electron chi connectivity index (χ2n) is 6.13. The van der Waals surface area contributed by atoms with Gasteiger partial charge in [0, 0.05) is 31.2 Å². The van der Waals surface area contributed by atoms with Crippen molar-refractivity contribution in [1.29, 1.82) is 0 Å². The minimum absolute atomic E-state index is 0. The molecular weight excluding hydrogens is 359 g/mol. The topological polar surface area (TPSA) is 41.6 Å². The fourth-order valence-electron chi connectivity index (χ4n) is 3.36. The van der Waals surface area contributed by atoms with Gasteiger partial charge in [-0.05, 0) is 37.8 Å². The van der Waals surface area contributed by atoms with Crippen molar-refractivity contribution in [2.75, 3.05) is 13.7 Å². The Morgan fingerprint density at radius 1 is 1.26 bits per heavy atom. The smallest absolute Gasteiger partial charge is 0.260 e. The molecular formula is C16H21Cl3N2O2. The lowest BCUT2D eigenvalue weighted by Gasteiger charge is -2.35. The Bertz CT molecular complexity index is 558. The van der Waals surface area contributed by atoms with Crippen molar-refractivity contribution < 1.29 is 9.53 Å². The number of nitrogens with one attached hydrogen (secondary N) is 1. The quantitative estimate of drug-likeness (QED) is 0.870. The fraction of sp³-hybridized carbons (Fsp3) is 0.562. The van der Waals surface area contributed by atoms with Gasteiger partial charge >= 0.3 is 0 Å². The van der Waals surface area contributed by atoms with E-state index in [4.69, 9.17) is 27.9 Å². The molecule has 0 aromatic heterocycles. The molecule has 7 heteroatoms. The van der Waals surface area contributed by atoms with Gasteiger partial charge < -0.3 is 15.0 Å². The van der Waals surface area contributed by atoms with E-state index in [1.807, 2.05) is 11.9 Å². The van der Waals surface area contributed by atoms with Crippen LogP contribution in [0.2, 0.25) is 10.0 Å². The average Bonchev–Trinajstić information content (AvgIpc) is 2.85. The third-order valence-corrected chi connectivity index (χ3v) is 5.38. The van der Waals surface area contributed by atoms with Crippen molar-refractivity contribution in [3.8, 4) is 5.75 Å². The van der Waals surface area contributed by atoms with E-state index >= 15 is 0 Å². The summed E-state index contributed by atoms with van der Waals surface area (Å²) in [5.41, 5.74) is 0. The summed E-state index contributed by atoms with van der Waals surface area (Å²) >= 11 is 11.8. The third kappa shape index (κ3) is 4.44. The number of hydrogen-bond donors (Lipinski definition) is 1. The molecule has 0 aliphatic carbocycles. The zero-order valence-corrected chi connectivity index (χ0v) is 15.3. The van der Waals surface area contributed by atoms with Gasteiger partial charge in [-0.15, -0.1) is 12.4 Å². The molecule has 0 spiro atoms. The highest BCUT2D eigenvalue weighted by Gasteiger charge is 2.36. The van der Waals surface area contributed by atoms with Crippen molar-refractivity contribution in [3.05, 3.63) is 28.2 Å². The monoisotopic (exact) mass is 378 g/mol. The average molecular weight is 380 g/mol. The summed E-state index contributed by atoms with van der Waals surface area (Å²) in [5, 5.41) is 4.49. The molecule has 1 amide bonds. The zero-order valence-electron chi connectivity index (χ0n) is 12.9. The molecule has 2 unspecified atom stereocenters. The third-order valence-electron chi connectivity index (χ3n) is 4.64. The largest absolute Gasteiger partial charge is 0.484 e. The molecule has 128 valence electrons. The Morgan fingerprint density at radius 3 is 2.52 bits per heavy atom. The number of benzene rings is 1. The fourth-order valence-corrected chi connectivity index (χ4v) is 3.65. The number of carbonyl (C=O) groups is 1. The number of piperidine rings is 1. The molecule has 4 nitrogen and oxygen atoms in total. The van der Waals surface area contributed by atoms with Crippen molar-refractivity contribution in [2.24, 2.45) is 0 Å². The van der Waals surface area contributed by atoms with Crippen LogP contribution in [0.25, 0.3) is 0 Å². The molecule has 1 aromatic rings. The van der Waals surface area contributed by atoms with Gasteiger partial charge in [0.15, 0.2) is 6.61 Å². The van der Waals surface area contributed by atoms with Gasteiger partial charge in [-0.3, -0.25) is 4.79 Å². The molecule has 2 aliphatic heterocycles. The van der Waals surface area contributed by atoms with Crippen LogP contribution in [-0.2, 0) is 4.79 Å². The lowest BCUT2D eigenvalue weighted by molar-refractivity contribution is -0.134. The SMILES string of the molecule is CN(C(=O)COc1ccc(Cl)c(Cl)c1)C1CC2CCC(C1)N2.Cl. The number of hydrogen-bond acceptors (Lipinski definition) is 3. The first-order chi connectivity index (χ1) is 10.5. The molecule has 23 heavy (non-hydrogen) atoms. The number of likely N-dealkylation sites (N-methyl/N-ethyl adjacent to an activating group) is 1. The Kier molecular flexibility index (Phi) is 6.43. The molecule has 2 bridgehead atoms. The second kappa shape index (κ2) is 7.93. The van der Waals surface area contributed by atoms with E-state index in [2.05, 4.69) is 5.32 Å². The number of fused-ring (bicyclic) bond motifs is 2. The van der Waals surface area contributed by atoms with Gasteiger partial charge in [-0.1, -0.05) is 23.2 Å². The first-order valence-electron chi connectivity index (χ1n) is 7.62. The van der Waals surface area contributed by atoms with Gasteiger partial charge in [-0.25, -0.2) is 0 Å². The van der Waals surface area contributed by atoms with E-state index in [9.17, 15) is 4.79 Å². The van der Waals surface area contributed by atoms with Crippen LogP contribution in [0.1, 0.15) is 25.7 Å². The molecule has 1 N–H and O–H groups in total. The van der Waals surface area contributed by atoms with Gasteiger partial charge in [0.2, 0.25) is 0 Å². The number of nitrogens with zero attached hydrogens (tertiary/aromatic N) is 1. The molecule has 2 fully saturated rings. The molecule has 2 atom stereocenters. The maximum Gasteiger partial charge on any atom is 0.260 e. The zero-order chi connectivity index (χ0) is 15.7. The predicted molar refractivity (Wildman–Crippen MR) is 94.9 cm³/mol. The maximum atomic E-state index is 12.3. The van der Waals surface area contributed by atoms with Crippen LogP contribution in [0.15, 0.2) is 18.2 Å². The first kappa shape index (κ1) is 18.7. The van der Waals surface area contributed by atoms with Crippen LogP contribution >= 0.6 is 35.6 Å². The Morgan fingerprint density at radius 2 is 1.91 bits per heavy atom. The van der Waals surface area contributed by atoms with Crippen molar-refractivity contribution in [2.45, 2.75) is 43.8 Å². The summed E-state index contributed by atoms with van der Waals surface area (Å²) in [4.78, 5) is 14.2. The van der Waals surface area contributed by atoms with E-state index in [0.717, 1.165) is 12.8 Å². The molecule has 2 aliphatic rings. The highest BCUT2D eigenvalue weighted by molar-refractivity contribution is 6.42. The van der Waals surface area contributed by atoms with Crippen molar-refractivity contribution in [3.63, 3.8) is 0 Å². The van der Waals surface area contributed by atoms with E-state index in [0.29, 0.717) is 33.9 Å². The van der Waals surface area contributed by atoms with Gasteiger partial charge in [0.05, 0.1) is 10.0 Å². The van der Waals surface area contributed by atoms with Crippen LogP contribution in [0, 0.1) is 0 Å². The maximum absolute atomic E-state index is 12.3. The summed E-state index contributed by atoms with van der Waals surface area (Å²) in [7, 11) is 1.87.